The summed E-state index contributed by atoms with van der Waals surface area (Å²) >= 11 is 1.72. The number of nitrogens with zero attached hydrogens (tertiary/aromatic N) is 2. The molecule has 0 saturated carbocycles. The summed E-state index contributed by atoms with van der Waals surface area (Å²) in [5.74, 6) is 1.23. The molecule has 0 saturated heterocycles. The van der Waals surface area contributed by atoms with Crippen molar-refractivity contribution >= 4 is 17.2 Å². The lowest BCUT2D eigenvalue weighted by Crippen LogP contribution is -2.25. The largest absolute Gasteiger partial charge is 0.371 e. The van der Waals surface area contributed by atoms with Gasteiger partial charge < -0.3 is 15.2 Å². The second-order valence-electron chi connectivity index (χ2n) is 3.32. The van der Waals surface area contributed by atoms with Gasteiger partial charge in [0.25, 0.3) is 0 Å². The van der Waals surface area contributed by atoms with Gasteiger partial charge in [0.15, 0.2) is 4.80 Å². The summed E-state index contributed by atoms with van der Waals surface area (Å²) in [7, 11) is 1.95. The Morgan fingerprint density at radius 2 is 2.64 bits per heavy atom. The minimum Gasteiger partial charge on any atom is -0.371 e. The molecule has 0 aliphatic carbocycles. The highest BCUT2D eigenvalue weighted by Crippen LogP contribution is 2.13. The quantitative estimate of drug-likeness (QED) is 0.716. The van der Waals surface area contributed by atoms with E-state index in [4.69, 9.17) is 0 Å². The number of hydrogen-bond donors (Lipinski definition) is 2. The molecular formula is C9H16N4S. The van der Waals surface area contributed by atoms with Crippen LogP contribution in [0.25, 0.3) is 0 Å². The smallest absolute Gasteiger partial charge is 0.186 e. The van der Waals surface area contributed by atoms with Crippen molar-refractivity contribution in [2.24, 2.45) is 4.99 Å². The first kappa shape index (κ1) is 9.73. The molecule has 2 N–H and O–H groups in total. The summed E-state index contributed by atoms with van der Waals surface area (Å²) < 4.78 is 2.27. The third-order valence-corrected chi connectivity index (χ3v) is 3.17. The van der Waals surface area contributed by atoms with E-state index in [1.165, 1.54) is 12.2 Å². The molecule has 0 radical (unpaired) electrons. The van der Waals surface area contributed by atoms with Crippen LogP contribution in [-0.4, -0.2) is 31.2 Å². The second-order valence-corrected chi connectivity index (χ2v) is 4.16. The van der Waals surface area contributed by atoms with Crippen LogP contribution >= 0.6 is 11.3 Å². The van der Waals surface area contributed by atoms with Crippen molar-refractivity contribution in [2.45, 2.75) is 13.0 Å². The number of hydrogen-bond acceptors (Lipinski definition) is 4. The fourth-order valence-electron chi connectivity index (χ4n) is 1.53. The van der Waals surface area contributed by atoms with Crippen LogP contribution in [0.15, 0.2) is 10.4 Å². The second kappa shape index (κ2) is 4.61. The van der Waals surface area contributed by atoms with Gasteiger partial charge in [-0.15, -0.1) is 11.3 Å². The van der Waals surface area contributed by atoms with Gasteiger partial charge in [0.1, 0.15) is 5.82 Å². The molecule has 1 aliphatic rings. The van der Waals surface area contributed by atoms with E-state index in [9.17, 15) is 0 Å². The Kier molecular flexibility index (Phi) is 3.21. The van der Waals surface area contributed by atoms with Crippen molar-refractivity contribution in [1.29, 1.82) is 0 Å². The molecule has 0 atom stereocenters. The fourth-order valence-corrected chi connectivity index (χ4v) is 2.44. The van der Waals surface area contributed by atoms with Crippen LogP contribution in [0.3, 0.4) is 0 Å². The van der Waals surface area contributed by atoms with Crippen LogP contribution in [0, 0.1) is 0 Å². The number of aromatic nitrogens is 1. The van der Waals surface area contributed by atoms with E-state index < -0.39 is 0 Å². The maximum absolute atomic E-state index is 4.55. The maximum Gasteiger partial charge on any atom is 0.186 e. The highest BCUT2D eigenvalue weighted by atomic mass is 32.1. The summed E-state index contributed by atoms with van der Waals surface area (Å²) in [6.07, 6.45) is 1.20. The molecule has 0 fully saturated rings. The van der Waals surface area contributed by atoms with Crippen LogP contribution in [-0.2, 0) is 6.54 Å². The summed E-state index contributed by atoms with van der Waals surface area (Å²) in [5.41, 5.74) is 0. The first-order valence-electron chi connectivity index (χ1n) is 4.99. The molecule has 2 rings (SSSR count). The minimum atomic E-state index is 0.858. The zero-order valence-electron chi connectivity index (χ0n) is 8.42. The molecule has 1 aromatic rings. The average molecular weight is 212 g/mol. The molecule has 1 aliphatic heterocycles. The molecule has 2 heterocycles. The van der Waals surface area contributed by atoms with Gasteiger partial charge in [-0.05, 0) is 13.5 Å². The third-order valence-electron chi connectivity index (χ3n) is 2.27. The SMILES string of the molecule is CNCCN=c1scc2n1CCCN2. The molecule has 0 amide bonds. The van der Waals surface area contributed by atoms with E-state index in [2.05, 4.69) is 25.6 Å². The number of fused-ring (bicyclic) bond motifs is 1. The Hall–Kier alpha value is -0.810. The average Bonchev–Trinajstić information content (AvgIpc) is 2.63. The number of rotatable bonds is 3. The van der Waals surface area contributed by atoms with Gasteiger partial charge in [0.2, 0.25) is 0 Å². The summed E-state index contributed by atoms with van der Waals surface area (Å²) in [6.45, 7) is 3.99. The molecule has 0 bridgehead atoms. The number of likely N-dealkylation sites (N-methyl/N-ethyl adjacent to an activating group) is 1. The molecule has 5 heteroatoms. The Bertz CT molecular complexity index is 352. The highest BCUT2D eigenvalue weighted by molar-refractivity contribution is 7.07. The maximum atomic E-state index is 4.55. The van der Waals surface area contributed by atoms with Crippen LogP contribution in [0.1, 0.15) is 6.42 Å². The predicted molar refractivity (Wildman–Crippen MR) is 59.8 cm³/mol. The Balaban J connectivity index is 2.17. The molecule has 1 aromatic heterocycles. The lowest BCUT2D eigenvalue weighted by atomic mass is 10.3. The molecule has 0 unspecified atom stereocenters. The van der Waals surface area contributed by atoms with Gasteiger partial charge in [-0.3, -0.25) is 4.99 Å². The molecular weight excluding hydrogens is 196 g/mol. The Morgan fingerprint density at radius 1 is 1.71 bits per heavy atom. The molecule has 14 heavy (non-hydrogen) atoms. The predicted octanol–water partition coefficient (Wildman–Crippen LogP) is 0.485. The molecule has 78 valence electrons. The number of thiazole rings is 1. The van der Waals surface area contributed by atoms with Gasteiger partial charge in [-0.1, -0.05) is 0 Å². The van der Waals surface area contributed by atoms with Gasteiger partial charge in [0, 0.05) is 25.0 Å². The van der Waals surface area contributed by atoms with E-state index >= 15 is 0 Å². The van der Waals surface area contributed by atoms with E-state index in [0.717, 1.165) is 31.0 Å². The van der Waals surface area contributed by atoms with Crippen molar-refractivity contribution in [3.8, 4) is 0 Å². The van der Waals surface area contributed by atoms with E-state index in [1.807, 2.05) is 7.05 Å². The number of anilines is 1. The van der Waals surface area contributed by atoms with E-state index in [1.54, 1.807) is 11.3 Å². The van der Waals surface area contributed by atoms with Crippen LogP contribution in [0.2, 0.25) is 0 Å². The lowest BCUT2D eigenvalue weighted by Gasteiger charge is -2.15. The zero-order valence-corrected chi connectivity index (χ0v) is 9.23. The fraction of sp³-hybridized carbons (Fsp3) is 0.667. The van der Waals surface area contributed by atoms with Crippen molar-refractivity contribution in [1.82, 2.24) is 9.88 Å². The van der Waals surface area contributed by atoms with Crippen molar-refractivity contribution < 1.29 is 0 Å². The lowest BCUT2D eigenvalue weighted by molar-refractivity contribution is 0.609. The van der Waals surface area contributed by atoms with Crippen LogP contribution < -0.4 is 15.4 Å². The van der Waals surface area contributed by atoms with Crippen molar-refractivity contribution in [3.63, 3.8) is 0 Å². The summed E-state index contributed by atoms with van der Waals surface area (Å²) in [4.78, 5) is 5.69. The topological polar surface area (TPSA) is 41.4 Å². The van der Waals surface area contributed by atoms with Crippen LogP contribution in [0.5, 0.6) is 0 Å². The minimum absolute atomic E-state index is 0.858. The van der Waals surface area contributed by atoms with Gasteiger partial charge >= 0.3 is 0 Å². The molecule has 0 aromatic carbocycles. The van der Waals surface area contributed by atoms with Crippen molar-refractivity contribution in [2.75, 3.05) is 32.0 Å². The van der Waals surface area contributed by atoms with Gasteiger partial charge in [-0.25, -0.2) is 0 Å². The third kappa shape index (κ3) is 1.99. The summed E-state index contributed by atoms with van der Waals surface area (Å²) in [5, 5.41) is 8.62. The monoisotopic (exact) mass is 212 g/mol. The molecule has 4 nitrogen and oxygen atoms in total. The van der Waals surface area contributed by atoms with Gasteiger partial charge in [0.05, 0.1) is 6.54 Å². The Morgan fingerprint density at radius 3 is 3.50 bits per heavy atom. The van der Waals surface area contributed by atoms with Crippen LogP contribution in [0.4, 0.5) is 5.82 Å². The van der Waals surface area contributed by atoms with E-state index in [-0.39, 0.29) is 0 Å². The normalized spacial score (nSPS) is 16.5. The molecule has 0 spiro atoms. The Labute approximate surface area is 87.7 Å². The van der Waals surface area contributed by atoms with E-state index in [0.29, 0.717) is 0 Å². The number of nitrogens with one attached hydrogen (secondary N) is 2. The zero-order chi connectivity index (χ0) is 9.80. The van der Waals surface area contributed by atoms with Gasteiger partial charge in [-0.2, -0.15) is 0 Å². The first-order valence-corrected chi connectivity index (χ1v) is 5.87. The summed E-state index contributed by atoms with van der Waals surface area (Å²) in [6, 6.07) is 0. The first-order chi connectivity index (χ1) is 6.92. The standard InChI is InChI=1S/C9H16N4S/c1-10-4-5-12-9-13-6-2-3-11-8(13)7-14-9/h7,10-11H,2-6H2,1H3. The van der Waals surface area contributed by atoms with Crippen molar-refractivity contribution in [3.05, 3.63) is 10.2 Å². The highest BCUT2D eigenvalue weighted by Gasteiger charge is 2.08.